The van der Waals surface area contributed by atoms with E-state index in [1.54, 1.807) is 29.2 Å². The predicted octanol–water partition coefficient (Wildman–Crippen LogP) is 5.43. The van der Waals surface area contributed by atoms with Crippen molar-refractivity contribution in [2.75, 3.05) is 23.0 Å². The summed E-state index contributed by atoms with van der Waals surface area (Å²) in [4.78, 5) is 3.10. The first kappa shape index (κ1) is 30.8. The van der Waals surface area contributed by atoms with Crippen LogP contribution in [0, 0.1) is 6.92 Å². The molecule has 0 aliphatic carbocycles. The van der Waals surface area contributed by atoms with Crippen molar-refractivity contribution in [3.63, 3.8) is 0 Å². The Bertz CT molecular complexity index is 1730. The Kier molecular flexibility index (Phi) is 9.82. The highest BCUT2D eigenvalue weighted by molar-refractivity contribution is 8.03. The third-order valence-electron chi connectivity index (χ3n) is 6.11. The molecular weight excluding hydrogens is 612 g/mol. The standard InChI is InChI=1S/C27H29ClN2O6S4/c1-19(6-11-26-29(13-3-15-39(31,32)33)22-17-20(2)5-9-24(22)37-26)7-12-27-30(14-4-16-40(34,35)36)23-18-21(28)8-10-25(23)38-27/h5-12,17-18H,3-4,13-16H2,1-2H3,(H-,31,32,33,34,35,36)/p-1. The van der Waals surface area contributed by atoms with E-state index in [0.29, 0.717) is 18.1 Å². The number of halogens is 1. The van der Waals surface area contributed by atoms with E-state index in [4.69, 9.17) is 11.6 Å². The largest absolute Gasteiger partial charge is 0.748 e. The quantitative estimate of drug-likeness (QED) is 0.155. The van der Waals surface area contributed by atoms with E-state index < -0.39 is 31.7 Å². The fraction of sp³-hybridized carbons (Fsp3) is 0.296. The molecule has 0 fully saturated rings. The predicted molar refractivity (Wildman–Crippen MR) is 161 cm³/mol. The molecule has 0 unspecified atom stereocenters. The van der Waals surface area contributed by atoms with Gasteiger partial charge in [-0.1, -0.05) is 58.5 Å². The van der Waals surface area contributed by atoms with E-state index >= 15 is 0 Å². The van der Waals surface area contributed by atoms with Crippen molar-refractivity contribution in [1.82, 2.24) is 0 Å². The van der Waals surface area contributed by atoms with E-state index in [1.165, 1.54) is 0 Å². The summed E-state index contributed by atoms with van der Waals surface area (Å²) in [5.74, 6) is -0.855. The maximum atomic E-state index is 11.1. The molecule has 1 aliphatic heterocycles. The van der Waals surface area contributed by atoms with E-state index in [1.807, 2.05) is 71.9 Å². The fourth-order valence-corrected chi connectivity index (χ4v) is 7.53. The zero-order valence-electron chi connectivity index (χ0n) is 21.9. The van der Waals surface area contributed by atoms with E-state index in [2.05, 4.69) is 6.07 Å². The van der Waals surface area contributed by atoms with Gasteiger partial charge >= 0.3 is 0 Å². The summed E-state index contributed by atoms with van der Waals surface area (Å²) in [5.41, 5.74) is 3.90. The first-order chi connectivity index (χ1) is 18.8. The third kappa shape index (κ3) is 8.41. The van der Waals surface area contributed by atoms with Crippen molar-refractivity contribution < 1.29 is 30.5 Å². The molecule has 3 aromatic rings. The number of rotatable bonds is 11. The summed E-state index contributed by atoms with van der Waals surface area (Å²) in [6.45, 7) is 4.71. The van der Waals surface area contributed by atoms with Gasteiger partial charge in [0.2, 0.25) is 5.52 Å². The topological polar surface area (TPSA) is 122 Å². The van der Waals surface area contributed by atoms with Crippen LogP contribution in [0.4, 0.5) is 5.69 Å². The highest BCUT2D eigenvalue weighted by Gasteiger charge is 2.25. The van der Waals surface area contributed by atoms with Gasteiger partial charge in [-0.15, -0.1) is 0 Å². The van der Waals surface area contributed by atoms with Crippen molar-refractivity contribution in [1.29, 1.82) is 0 Å². The molecule has 0 atom stereocenters. The Morgan fingerprint density at radius 3 is 2.50 bits per heavy atom. The Morgan fingerprint density at radius 1 is 1.05 bits per heavy atom. The number of fused-ring (bicyclic) bond motifs is 2. The lowest BCUT2D eigenvalue weighted by atomic mass is 10.2. The van der Waals surface area contributed by atoms with Crippen LogP contribution in [0.15, 0.2) is 70.1 Å². The molecule has 0 amide bonds. The number of hydrogen-bond acceptors (Lipinski definition) is 9. The molecule has 214 valence electrons. The van der Waals surface area contributed by atoms with Gasteiger partial charge in [0.15, 0.2) is 6.54 Å². The smallest absolute Gasteiger partial charge is 0.262 e. The molecule has 0 bridgehead atoms. The number of hydrogen-bond donors (Lipinski definition) is 0. The molecule has 1 aromatic heterocycles. The minimum Gasteiger partial charge on any atom is -0.748 e. The lowest BCUT2D eigenvalue weighted by Crippen LogP contribution is -2.36. The summed E-state index contributed by atoms with van der Waals surface area (Å²) in [6.07, 6.45) is 8.26. The average Bonchev–Trinajstić information content (AvgIpc) is 3.37. The highest BCUT2D eigenvalue weighted by atomic mass is 35.5. The minimum absolute atomic E-state index is 0.192. The first-order valence-corrected chi connectivity index (χ1v) is 17.6. The van der Waals surface area contributed by atoms with Crippen molar-refractivity contribution in [3.8, 4) is 0 Å². The van der Waals surface area contributed by atoms with Gasteiger partial charge in [0, 0.05) is 46.5 Å². The molecule has 0 saturated carbocycles. The molecule has 4 rings (SSSR count). The number of aryl methyl sites for hydroxylation is 2. The average molecular weight is 640 g/mol. The molecule has 0 saturated heterocycles. The highest BCUT2D eigenvalue weighted by Crippen LogP contribution is 2.46. The Balaban J connectivity index is 1.57. The number of thiazole rings is 1. The summed E-state index contributed by atoms with van der Waals surface area (Å²) in [5, 5.41) is 2.39. The Labute approximate surface area is 248 Å². The van der Waals surface area contributed by atoms with Crippen LogP contribution in [-0.2, 0) is 26.8 Å². The summed E-state index contributed by atoms with van der Waals surface area (Å²) < 4.78 is 69.7. The SMILES string of the molecule is CC(C=Cc1sc2ccc(Cl)cc2[n+]1CCCS(=O)(=O)[O-])=CC=C1Sc2ccc(C)cc2N1CCCS(=O)(=O)[O-]. The van der Waals surface area contributed by atoms with Crippen LogP contribution in [0.3, 0.4) is 0 Å². The van der Waals surface area contributed by atoms with Gasteiger partial charge in [-0.2, -0.15) is 4.57 Å². The number of thioether (sulfide) groups is 1. The molecule has 0 N–H and O–H groups in total. The lowest BCUT2D eigenvalue weighted by Gasteiger charge is -2.21. The second-order valence-corrected chi connectivity index (χ2v) is 15.0. The van der Waals surface area contributed by atoms with Gasteiger partial charge in [-0.05, 0) is 56.2 Å². The third-order valence-corrected chi connectivity index (χ3v) is 10.2. The van der Waals surface area contributed by atoms with Gasteiger partial charge < -0.3 is 14.0 Å². The zero-order chi connectivity index (χ0) is 29.1. The van der Waals surface area contributed by atoms with Crippen molar-refractivity contribution in [2.45, 2.75) is 38.1 Å². The monoisotopic (exact) mass is 639 g/mol. The van der Waals surface area contributed by atoms with Crippen LogP contribution >= 0.6 is 34.7 Å². The molecule has 0 radical (unpaired) electrons. The van der Waals surface area contributed by atoms with Crippen LogP contribution in [0.2, 0.25) is 5.02 Å². The summed E-state index contributed by atoms with van der Waals surface area (Å²) in [7, 11) is -8.59. The normalized spacial score (nSPS) is 15.6. The van der Waals surface area contributed by atoms with Crippen molar-refractivity contribution >= 4 is 76.9 Å². The molecular formula is C27H28ClN2O6S4-. The lowest BCUT2D eigenvalue weighted by molar-refractivity contribution is -0.668. The first-order valence-electron chi connectivity index (χ1n) is 12.4. The minimum atomic E-state index is -4.30. The number of aromatic nitrogens is 1. The number of nitrogens with zero attached hydrogens (tertiary/aromatic N) is 2. The molecule has 1 aliphatic rings. The number of allylic oxidation sites excluding steroid dienone is 4. The maximum Gasteiger partial charge on any atom is 0.262 e. The molecule has 8 nitrogen and oxygen atoms in total. The molecule has 2 heterocycles. The van der Waals surface area contributed by atoms with Gasteiger partial charge in [0.05, 0.1) is 31.0 Å². The van der Waals surface area contributed by atoms with Gasteiger partial charge in [0.1, 0.15) is 4.70 Å². The van der Waals surface area contributed by atoms with Crippen LogP contribution in [-0.4, -0.2) is 44.0 Å². The number of anilines is 1. The van der Waals surface area contributed by atoms with E-state index in [9.17, 15) is 25.9 Å². The maximum absolute atomic E-state index is 11.1. The second kappa shape index (κ2) is 12.8. The van der Waals surface area contributed by atoms with Crippen molar-refractivity contribution in [3.05, 3.63) is 80.8 Å². The van der Waals surface area contributed by atoms with Crippen LogP contribution in [0.1, 0.15) is 30.3 Å². The van der Waals surface area contributed by atoms with Crippen LogP contribution in [0.5, 0.6) is 0 Å². The van der Waals surface area contributed by atoms with E-state index in [0.717, 1.165) is 42.0 Å². The molecule has 0 spiro atoms. The molecule has 2 aromatic carbocycles. The van der Waals surface area contributed by atoms with Crippen LogP contribution in [0.25, 0.3) is 16.3 Å². The van der Waals surface area contributed by atoms with Crippen LogP contribution < -0.4 is 9.47 Å². The summed E-state index contributed by atoms with van der Waals surface area (Å²) >= 11 is 9.33. The van der Waals surface area contributed by atoms with E-state index in [-0.39, 0.29) is 12.8 Å². The Hall–Kier alpha value is -2.19. The van der Waals surface area contributed by atoms with Crippen molar-refractivity contribution in [2.24, 2.45) is 0 Å². The second-order valence-electron chi connectivity index (χ2n) is 9.41. The van der Waals surface area contributed by atoms with Gasteiger partial charge in [-0.3, -0.25) is 0 Å². The number of benzene rings is 2. The summed E-state index contributed by atoms with van der Waals surface area (Å²) in [6, 6.07) is 11.7. The molecule has 40 heavy (non-hydrogen) atoms. The fourth-order valence-electron chi connectivity index (χ4n) is 4.25. The van der Waals surface area contributed by atoms with Gasteiger partial charge in [0.25, 0.3) is 5.01 Å². The zero-order valence-corrected chi connectivity index (χ0v) is 25.9. The van der Waals surface area contributed by atoms with Gasteiger partial charge in [-0.25, -0.2) is 16.8 Å². The Morgan fingerprint density at radius 2 is 1.77 bits per heavy atom. The molecule has 13 heteroatoms.